The second kappa shape index (κ2) is 24.3. The lowest BCUT2D eigenvalue weighted by molar-refractivity contribution is -0.0238. The number of carboxylic acid groups (broad SMARTS) is 2. The molecule has 0 spiro atoms. The molecule has 0 unspecified atom stereocenters. The van der Waals surface area contributed by atoms with E-state index in [-0.39, 0.29) is 17.5 Å². The molecule has 15 heteroatoms. The molecule has 0 aliphatic carbocycles. The van der Waals surface area contributed by atoms with Gasteiger partial charge in [0, 0.05) is 50.8 Å². The molecule has 1 atom stereocenters. The zero-order valence-electron chi connectivity index (χ0n) is 27.4. The van der Waals surface area contributed by atoms with E-state index < -0.39 is 11.9 Å². The number of carbonyl (C=O) groups is 2. The monoisotopic (exact) mass is 705 g/mol. The molecular formula is C33H47N5O8S2. The Kier molecular flexibility index (Phi) is 20.1. The minimum absolute atomic E-state index is 0.0141. The minimum Gasteiger partial charge on any atom is -0.477 e. The zero-order valence-corrected chi connectivity index (χ0v) is 29.0. The van der Waals surface area contributed by atoms with E-state index in [9.17, 15) is 19.8 Å². The van der Waals surface area contributed by atoms with E-state index in [1.807, 2.05) is 23.9 Å². The van der Waals surface area contributed by atoms with Crippen LogP contribution in [0.4, 0.5) is 0 Å². The Bertz CT molecular complexity index is 1270. The maximum atomic E-state index is 11.4. The Morgan fingerprint density at radius 2 is 1.31 bits per heavy atom. The first kappa shape index (κ1) is 39.6. The van der Waals surface area contributed by atoms with Gasteiger partial charge < -0.3 is 29.2 Å². The first-order chi connectivity index (χ1) is 23.4. The van der Waals surface area contributed by atoms with Crippen molar-refractivity contribution >= 4 is 35.5 Å². The van der Waals surface area contributed by atoms with Crippen LogP contribution in [0.25, 0.3) is 0 Å². The van der Waals surface area contributed by atoms with Crippen LogP contribution in [-0.2, 0) is 32.0 Å². The van der Waals surface area contributed by atoms with Gasteiger partial charge in [-0.25, -0.2) is 19.6 Å². The van der Waals surface area contributed by atoms with E-state index in [4.69, 9.17) is 24.2 Å². The highest BCUT2D eigenvalue weighted by molar-refractivity contribution is 8.03. The van der Waals surface area contributed by atoms with Crippen LogP contribution in [-0.4, -0.2) is 138 Å². The predicted octanol–water partition coefficient (Wildman–Crippen LogP) is 3.74. The van der Waals surface area contributed by atoms with Gasteiger partial charge in [-0.05, 0) is 54.6 Å². The Labute approximate surface area is 291 Å². The molecule has 1 aliphatic heterocycles. The van der Waals surface area contributed by atoms with Crippen LogP contribution in [0, 0.1) is 10.7 Å². The van der Waals surface area contributed by atoms with Crippen molar-refractivity contribution < 1.29 is 38.7 Å². The number of thiocyanates is 1. The third-order valence-electron chi connectivity index (χ3n) is 7.32. The second-order valence-corrected chi connectivity index (χ2v) is 13.1. The number of nitrogens with zero attached hydrogens (tertiary/aromatic N) is 5. The number of pyridine rings is 2. The lowest BCUT2D eigenvalue weighted by atomic mass is 10.3. The van der Waals surface area contributed by atoms with Gasteiger partial charge in [-0.15, -0.1) is 0 Å². The van der Waals surface area contributed by atoms with Gasteiger partial charge in [0.15, 0.2) is 0 Å². The lowest BCUT2D eigenvalue weighted by Gasteiger charge is -2.25. The van der Waals surface area contributed by atoms with E-state index in [0.29, 0.717) is 96.9 Å². The second-order valence-electron chi connectivity index (χ2n) is 11.1. The molecule has 2 aromatic heterocycles. The quantitative estimate of drug-likeness (QED) is 0.215. The fourth-order valence-corrected chi connectivity index (χ4v) is 6.27. The SMILES string of the molecule is N#CSCCCCCSC[C@@H]1COCCN(Cc2cccc(C(=O)O)n2)CCOCCOCCN(Cc2cccc(C(=O)O)n2)CCO1. The molecule has 13 nitrogen and oxygen atoms in total. The number of carboxylic acids is 2. The summed E-state index contributed by atoms with van der Waals surface area (Å²) >= 11 is 3.13. The average molecular weight is 706 g/mol. The first-order valence-corrected chi connectivity index (χ1v) is 18.3. The van der Waals surface area contributed by atoms with E-state index in [2.05, 4.69) is 25.2 Å². The summed E-state index contributed by atoms with van der Waals surface area (Å²) in [6.45, 7) is 6.50. The number of rotatable bonds is 14. The Morgan fingerprint density at radius 1 is 0.771 bits per heavy atom. The van der Waals surface area contributed by atoms with Crippen molar-refractivity contribution in [2.24, 2.45) is 0 Å². The number of thioether (sulfide) groups is 2. The molecule has 0 amide bonds. The van der Waals surface area contributed by atoms with Crippen LogP contribution in [0.3, 0.4) is 0 Å². The molecule has 0 radical (unpaired) electrons. The van der Waals surface area contributed by atoms with Crippen molar-refractivity contribution in [3.05, 3.63) is 59.2 Å². The smallest absolute Gasteiger partial charge is 0.354 e. The van der Waals surface area contributed by atoms with Crippen LogP contribution in [0.5, 0.6) is 0 Å². The number of nitriles is 1. The number of hydrogen-bond donors (Lipinski definition) is 2. The van der Waals surface area contributed by atoms with Gasteiger partial charge in [0.25, 0.3) is 0 Å². The van der Waals surface area contributed by atoms with E-state index >= 15 is 0 Å². The van der Waals surface area contributed by atoms with Crippen molar-refractivity contribution in [3.63, 3.8) is 0 Å². The topological polar surface area (TPSA) is 168 Å². The van der Waals surface area contributed by atoms with Crippen LogP contribution in [0.15, 0.2) is 36.4 Å². The van der Waals surface area contributed by atoms with Crippen LogP contribution in [0.2, 0.25) is 0 Å². The van der Waals surface area contributed by atoms with E-state index in [1.165, 1.54) is 23.9 Å². The van der Waals surface area contributed by atoms with Crippen molar-refractivity contribution in [2.45, 2.75) is 38.5 Å². The molecule has 3 rings (SSSR count). The maximum absolute atomic E-state index is 11.4. The van der Waals surface area contributed by atoms with Crippen molar-refractivity contribution in [3.8, 4) is 5.40 Å². The molecule has 1 fully saturated rings. The van der Waals surface area contributed by atoms with Crippen molar-refractivity contribution in [2.75, 3.05) is 89.7 Å². The maximum Gasteiger partial charge on any atom is 0.354 e. The predicted molar refractivity (Wildman–Crippen MR) is 184 cm³/mol. The van der Waals surface area contributed by atoms with Gasteiger partial charge in [-0.1, -0.05) is 18.6 Å². The summed E-state index contributed by atoms with van der Waals surface area (Å²) in [6, 6.07) is 10.0. The molecule has 2 N–H and O–H groups in total. The molecule has 3 heterocycles. The standard InChI is InChI=1S/C33H47N5O8S2/c34-26-48-21-3-1-2-20-47-25-29-24-45-16-12-37(22-27-6-4-8-30(35-27)32(39)40)10-14-43-18-19-44-15-11-38(13-17-46-29)23-28-7-5-9-31(36-28)33(41)42/h4-9,29H,1-3,10-25H2,(H,39,40)(H,41,42)/t29-/m0/s1. The molecule has 0 aromatic carbocycles. The third kappa shape index (κ3) is 17.0. The van der Waals surface area contributed by atoms with Gasteiger partial charge in [0.05, 0.1) is 63.7 Å². The summed E-state index contributed by atoms with van der Waals surface area (Å²) in [5.41, 5.74) is 1.36. The molecule has 48 heavy (non-hydrogen) atoms. The average Bonchev–Trinajstić information content (AvgIpc) is 3.08. The molecule has 0 saturated carbocycles. The normalized spacial score (nSPS) is 18.4. The summed E-state index contributed by atoms with van der Waals surface area (Å²) in [4.78, 5) is 35.7. The molecule has 2 aromatic rings. The Balaban J connectivity index is 1.60. The number of ether oxygens (including phenoxy) is 4. The van der Waals surface area contributed by atoms with Crippen molar-refractivity contribution in [1.82, 2.24) is 19.8 Å². The van der Waals surface area contributed by atoms with Gasteiger partial charge in [-0.2, -0.15) is 17.0 Å². The summed E-state index contributed by atoms with van der Waals surface area (Å²) in [5.74, 6) is 0.529. The molecule has 0 bridgehead atoms. The van der Waals surface area contributed by atoms with Crippen LogP contribution >= 0.6 is 23.5 Å². The fourth-order valence-electron chi connectivity index (χ4n) is 4.80. The first-order valence-electron chi connectivity index (χ1n) is 16.2. The summed E-state index contributed by atoms with van der Waals surface area (Å²) < 4.78 is 24.2. The van der Waals surface area contributed by atoms with Gasteiger partial charge in [-0.3, -0.25) is 9.80 Å². The highest BCUT2D eigenvalue weighted by Crippen LogP contribution is 2.13. The third-order valence-corrected chi connectivity index (χ3v) is 9.13. The number of aromatic nitrogens is 2. The Morgan fingerprint density at radius 3 is 1.88 bits per heavy atom. The molecule has 264 valence electrons. The van der Waals surface area contributed by atoms with Gasteiger partial charge in [0.1, 0.15) is 16.8 Å². The number of aromatic carboxylic acids is 2. The number of unbranched alkanes of at least 4 members (excludes halogenated alkanes) is 2. The highest BCUT2D eigenvalue weighted by atomic mass is 32.2. The lowest BCUT2D eigenvalue weighted by Crippen LogP contribution is -2.35. The highest BCUT2D eigenvalue weighted by Gasteiger charge is 2.16. The summed E-state index contributed by atoms with van der Waals surface area (Å²) in [7, 11) is 0. The van der Waals surface area contributed by atoms with E-state index in [1.54, 1.807) is 12.1 Å². The molecule has 1 aliphatic rings. The van der Waals surface area contributed by atoms with E-state index in [0.717, 1.165) is 36.5 Å². The van der Waals surface area contributed by atoms with Gasteiger partial charge >= 0.3 is 11.9 Å². The van der Waals surface area contributed by atoms with Crippen LogP contribution in [0.1, 0.15) is 51.6 Å². The van der Waals surface area contributed by atoms with Crippen LogP contribution < -0.4 is 0 Å². The molecule has 1 saturated heterocycles. The number of hydrogen-bond acceptors (Lipinski definition) is 13. The molecular weight excluding hydrogens is 659 g/mol. The summed E-state index contributed by atoms with van der Waals surface area (Å²) in [5, 5.41) is 29.5. The fraction of sp³-hybridized carbons (Fsp3) is 0.606. The van der Waals surface area contributed by atoms with Crippen molar-refractivity contribution in [1.29, 1.82) is 5.26 Å². The minimum atomic E-state index is -1.06. The summed E-state index contributed by atoms with van der Waals surface area (Å²) in [6.07, 6.45) is 3.07. The Hall–Kier alpha value is -2.81. The largest absolute Gasteiger partial charge is 0.477 e. The zero-order chi connectivity index (χ0) is 34.2. The van der Waals surface area contributed by atoms with Gasteiger partial charge in [0.2, 0.25) is 0 Å².